The van der Waals surface area contributed by atoms with E-state index in [1.165, 1.54) is 0 Å². The monoisotopic (exact) mass is 318 g/mol. The van der Waals surface area contributed by atoms with Crippen molar-refractivity contribution < 1.29 is 4.79 Å². The van der Waals surface area contributed by atoms with Crippen molar-refractivity contribution in [1.82, 2.24) is 30.2 Å². The molecule has 0 spiro atoms. The normalized spacial score (nSPS) is 13.6. The SMILES string of the molecule is Cc1cc(C)n(C[C@@H](C)CNC(=O)N[C@H](C)Cn2cccn2)n1. The molecule has 2 heterocycles. The van der Waals surface area contributed by atoms with Crippen molar-refractivity contribution in [3.05, 3.63) is 35.9 Å². The lowest BCUT2D eigenvalue weighted by Crippen LogP contribution is -2.44. The molecule has 2 aromatic rings. The average molecular weight is 318 g/mol. The number of aromatic nitrogens is 4. The summed E-state index contributed by atoms with van der Waals surface area (Å²) in [5, 5.41) is 14.4. The predicted octanol–water partition coefficient (Wildman–Crippen LogP) is 1.72. The van der Waals surface area contributed by atoms with E-state index in [2.05, 4.69) is 33.8 Å². The highest BCUT2D eigenvalue weighted by Gasteiger charge is 2.11. The number of urea groups is 1. The van der Waals surface area contributed by atoms with Gasteiger partial charge in [0, 0.05) is 37.2 Å². The van der Waals surface area contributed by atoms with Crippen LogP contribution in [0, 0.1) is 19.8 Å². The second kappa shape index (κ2) is 7.80. The fraction of sp³-hybridized carbons (Fsp3) is 0.562. The van der Waals surface area contributed by atoms with Gasteiger partial charge in [0.25, 0.3) is 0 Å². The first-order valence-electron chi connectivity index (χ1n) is 7.97. The summed E-state index contributed by atoms with van der Waals surface area (Å²) < 4.78 is 3.79. The molecule has 2 amide bonds. The lowest BCUT2D eigenvalue weighted by molar-refractivity contribution is 0.233. The molecule has 0 bridgehead atoms. The minimum atomic E-state index is -0.148. The van der Waals surface area contributed by atoms with Crippen LogP contribution in [0.3, 0.4) is 0 Å². The lowest BCUT2D eigenvalue weighted by Gasteiger charge is -2.17. The molecule has 0 aromatic carbocycles. The van der Waals surface area contributed by atoms with Crippen LogP contribution in [-0.2, 0) is 13.1 Å². The van der Waals surface area contributed by atoms with Gasteiger partial charge in [-0.25, -0.2) is 4.79 Å². The highest BCUT2D eigenvalue weighted by molar-refractivity contribution is 5.74. The molecule has 0 aliphatic rings. The Bertz CT molecular complexity index is 619. The van der Waals surface area contributed by atoms with Gasteiger partial charge in [-0.15, -0.1) is 0 Å². The van der Waals surface area contributed by atoms with E-state index in [0.29, 0.717) is 19.0 Å². The first-order valence-corrected chi connectivity index (χ1v) is 7.97. The molecule has 0 aliphatic carbocycles. The van der Waals surface area contributed by atoms with Gasteiger partial charge >= 0.3 is 6.03 Å². The van der Waals surface area contributed by atoms with Crippen molar-refractivity contribution in [3.8, 4) is 0 Å². The van der Waals surface area contributed by atoms with Gasteiger partial charge in [0.1, 0.15) is 0 Å². The van der Waals surface area contributed by atoms with Gasteiger partial charge in [0.15, 0.2) is 0 Å². The van der Waals surface area contributed by atoms with E-state index in [1.54, 1.807) is 10.9 Å². The lowest BCUT2D eigenvalue weighted by atomic mass is 10.2. The van der Waals surface area contributed by atoms with Gasteiger partial charge in [-0.05, 0) is 38.8 Å². The molecule has 0 saturated heterocycles. The summed E-state index contributed by atoms with van der Waals surface area (Å²) in [6, 6.07) is 3.79. The Balaban J connectivity index is 1.70. The summed E-state index contributed by atoms with van der Waals surface area (Å²) >= 11 is 0. The maximum absolute atomic E-state index is 11.9. The quantitative estimate of drug-likeness (QED) is 0.816. The fourth-order valence-electron chi connectivity index (χ4n) is 2.50. The van der Waals surface area contributed by atoms with Crippen LogP contribution in [-0.4, -0.2) is 38.2 Å². The van der Waals surface area contributed by atoms with Gasteiger partial charge in [-0.1, -0.05) is 6.92 Å². The second-order valence-corrected chi connectivity index (χ2v) is 6.20. The van der Waals surface area contributed by atoms with Crippen LogP contribution in [0.1, 0.15) is 25.2 Å². The van der Waals surface area contributed by atoms with Crippen LogP contribution in [0.15, 0.2) is 24.5 Å². The number of aryl methyl sites for hydroxylation is 2. The fourth-order valence-corrected chi connectivity index (χ4v) is 2.50. The van der Waals surface area contributed by atoms with Crippen LogP contribution in [0.5, 0.6) is 0 Å². The Morgan fingerprint density at radius 1 is 1.30 bits per heavy atom. The van der Waals surface area contributed by atoms with Crippen molar-refractivity contribution >= 4 is 6.03 Å². The number of hydrogen-bond acceptors (Lipinski definition) is 3. The maximum atomic E-state index is 11.9. The zero-order chi connectivity index (χ0) is 16.8. The van der Waals surface area contributed by atoms with E-state index in [4.69, 9.17) is 0 Å². The topological polar surface area (TPSA) is 76.8 Å². The van der Waals surface area contributed by atoms with Gasteiger partial charge in [-0.3, -0.25) is 9.36 Å². The third-order valence-electron chi connectivity index (χ3n) is 3.60. The van der Waals surface area contributed by atoms with Crippen molar-refractivity contribution in [2.45, 2.75) is 46.8 Å². The molecule has 2 rings (SSSR count). The molecule has 0 unspecified atom stereocenters. The minimum absolute atomic E-state index is 0.0150. The molecular weight excluding hydrogens is 292 g/mol. The summed E-state index contributed by atoms with van der Waals surface area (Å²) in [5.74, 6) is 0.306. The minimum Gasteiger partial charge on any atom is -0.338 e. The van der Waals surface area contributed by atoms with E-state index in [1.807, 2.05) is 37.7 Å². The highest BCUT2D eigenvalue weighted by Crippen LogP contribution is 2.05. The molecule has 2 atom stereocenters. The summed E-state index contributed by atoms with van der Waals surface area (Å²) in [6.45, 7) is 10.2. The number of carbonyl (C=O) groups excluding carboxylic acids is 1. The summed E-state index contributed by atoms with van der Waals surface area (Å²) in [6.07, 6.45) is 3.61. The Morgan fingerprint density at radius 2 is 2.09 bits per heavy atom. The Labute approximate surface area is 137 Å². The number of amides is 2. The third kappa shape index (κ3) is 5.43. The second-order valence-electron chi connectivity index (χ2n) is 6.20. The summed E-state index contributed by atoms with van der Waals surface area (Å²) in [7, 11) is 0. The zero-order valence-electron chi connectivity index (χ0n) is 14.3. The van der Waals surface area contributed by atoms with Crippen molar-refractivity contribution in [2.24, 2.45) is 5.92 Å². The largest absolute Gasteiger partial charge is 0.338 e. The smallest absolute Gasteiger partial charge is 0.315 e. The van der Waals surface area contributed by atoms with Crippen LogP contribution >= 0.6 is 0 Å². The Kier molecular flexibility index (Phi) is 5.78. The van der Waals surface area contributed by atoms with E-state index < -0.39 is 0 Å². The molecule has 23 heavy (non-hydrogen) atoms. The number of nitrogens with one attached hydrogen (secondary N) is 2. The molecule has 0 aliphatic heterocycles. The van der Waals surface area contributed by atoms with Crippen molar-refractivity contribution in [1.29, 1.82) is 0 Å². The van der Waals surface area contributed by atoms with Crippen LogP contribution < -0.4 is 10.6 Å². The third-order valence-corrected chi connectivity index (χ3v) is 3.60. The van der Waals surface area contributed by atoms with Crippen molar-refractivity contribution in [2.75, 3.05) is 6.54 Å². The average Bonchev–Trinajstić information content (AvgIpc) is 3.07. The van der Waals surface area contributed by atoms with Crippen LogP contribution in [0.2, 0.25) is 0 Å². The van der Waals surface area contributed by atoms with Gasteiger partial charge in [-0.2, -0.15) is 10.2 Å². The van der Waals surface area contributed by atoms with E-state index in [0.717, 1.165) is 17.9 Å². The molecular formula is C16H26N6O. The number of nitrogens with zero attached hydrogens (tertiary/aromatic N) is 4. The molecule has 2 N–H and O–H groups in total. The number of carbonyl (C=O) groups is 1. The summed E-state index contributed by atoms with van der Waals surface area (Å²) in [5.41, 5.74) is 2.17. The maximum Gasteiger partial charge on any atom is 0.315 e. The van der Waals surface area contributed by atoms with Crippen LogP contribution in [0.4, 0.5) is 4.79 Å². The van der Waals surface area contributed by atoms with E-state index >= 15 is 0 Å². The predicted molar refractivity (Wildman–Crippen MR) is 89.1 cm³/mol. The van der Waals surface area contributed by atoms with Gasteiger partial charge in [0.05, 0.1) is 12.2 Å². The van der Waals surface area contributed by atoms with Gasteiger partial charge < -0.3 is 10.6 Å². The molecule has 0 saturated carbocycles. The van der Waals surface area contributed by atoms with Crippen molar-refractivity contribution in [3.63, 3.8) is 0 Å². The highest BCUT2D eigenvalue weighted by atomic mass is 16.2. The Hall–Kier alpha value is -2.31. The molecule has 0 fully saturated rings. The van der Waals surface area contributed by atoms with E-state index in [-0.39, 0.29) is 12.1 Å². The van der Waals surface area contributed by atoms with Gasteiger partial charge in [0.2, 0.25) is 0 Å². The molecule has 7 heteroatoms. The number of rotatable bonds is 7. The standard InChI is InChI=1S/C16H26N6O/c1-12(10-22-15(4)8-13(2)20-22)9-17-16(23)19-14(3)11-21-7-5-6-18-21/h5-8,12,14H,9-11H2,1-4H3,(H2,17,19,23)/t12-,14+/m0/s1. The Morgan fingerprint density at radius 3 is 2.70 bits per heavy atom. The number of hydrogen-bond donors (Lipinski definition) is 2. The summed E-state index contributed by atoms with van der Waals surface area (Å²) in [4.78, 5) is 11.9. The van der Waals surface area contributed by atoms with Crippen LogP contribution in [0.25, 0.3) is 0 Å². The zero-order valence-corrected chi connectivity index (χ0v) is 14.3. The first-order chi connectivity index (χ1) is 10.9. The molecule has 0 radical (unpaired) electrons. The first kappa shape index (κ1) is 17.1. The molecule has 2 aromatic heterocycles. The molecule has 126 valence electrons. The molecule has 7 nitrogen and oxygen atoms in total. The van der Waals surface area contributed by atoms with E-state index in [9.17, 15) is 4.79 Å².